The summed E-state index contributed by atoms with van der Waals surface area (Å²) in [5.41, 5.74) is 3.67. The number of nitrogens with two attached hydrogens (primary N) is 1. The molecule has 0 aromatic carbocycles. The Morgan fingerprint density at radius 2 is 2.00 bits per heavy atom. The van der Waals surface area contributed by atoms with Gasteiger partial charge in [-0.25, -0.2) is 4.79 Å². The summed E-state index contributed by atoms with van der Waals surface area (Å²) in [5, 5.41) is 2.23. The van der Waals surface area contributed by atoms with E-state index in [1.54, 1.807) is 20.8 Å². The van der Waals surface area contributed by atoms with Crippen LogP contribution in [0.3, 0.4) is 0 Å². The van der Waals surface area contributed by atoms with E-state index >= 15 is 0 Å². The van der Waals surface area contributed by atoms with Crippen molar-refractivity contribution in [1.29, 1.82) is 0 Å². The smallest absolute Gasteiger partial charge is 0.417 e. The van der Waals surface area contributed by atoms with Gasteiger partial charge in [-0.1, -0.05) is 0 Å². The summed E-state index contributed by atoms with van der Waals surface area (Å²) in [7, 11) is 0. The number of nitrogens with one attached hydrogen (secondary N) is 1. The number of hydrogen-bond donors (Lipinski definition) is 2. The molecular formula is C12H16F3N3O2. The van der Waals surface area contributed by atoms with E-state index in [4.69, 9.17) is 10.5 Å². The number of nitrogens with zero attached hydrogens (tertiary/aromatic N) is 1. The van der Waals surface area contributed by atoms with Crippen LogP contribution in [-0.4, -0.2) is 16.7 Å². The molecule has 3 N–H and O–H groups in total. The Labute approximate surface area is 114 Å². The molecule has 0 saturated heterocycles. The Morgan fingerprint density at radius 3 is 2.45 bits per heavy atom. The van der Waals surface area contributed by atoms with Crippen LogP contribution in [0, 0.1) is 0 Å². The minimum atomic E-state index is -4.55. The van der Waals surface area contributed by atoms with Gasteiger partial charge in [-0.05, 0) is 26.8 Å². The molecule has 1 heterocycles. The molecule has 0 fully saturated rings. The average Bonchev–Trinajstić information content (AvgIpc) is 2.24. The van der Waals surface area contributed by atoms with Crippen LogP contribution in [-0.2, 0) is 17.5 Å². The predicted octanol–water partition coefficient (Wildman–Crippen LogP) is 2.91. The van der Waals surface area contributed by atoms with Gasteiger partial charge in [0.05, 0.1) is 16.9 Å². The Hall–Kier alpha value is -1.83. The number of rotatable bonds is 2. The molecule has 0 saturated carbocycles. The van der Waals surface area contributed by atoms with Gasteiger partial charge in [-0.3, -0.25) is 10.3 Å². The second kappa shape index (κ2) is 5.66. The fourth-order valence-electron chi connectivity index (χ4n) is 1.33. The Bertz CT molecular complexity index is 496. The van der Waals surface area contributed by atoms with E-state index in [1.165, 1.54) is 0 Å². The van der Waals surface area contributed by atoms with Gasteiger partial charge < -0.3 is 10.5 Å². The van der Waals surface area contributed by atoms with Crippen molar-refractivity contribution in [1.82, 2.24) is 4.98 Å². The third-order valence-corrected chi connectivity index (χ3v) is 2.13. The molecule has 0 aliphatic heterocycles. The molecule has 8 heteroatoms. The van der Waals surface area contributed by atoms with Crippen LogP contribution in [0.4, 0.5) is 23.7 Å². The topological polar surface area (TPSA) is 77.2 Å². The second-order valence-corrected chi connectivity index (χ2v) is 5.05. The maximum absolute atomic E-state index is 12.6. The number of halogens is 3. The van der Waals surface area contributed by atoms with Gasteiger partial charge in [0, 0.05) is 12.7 Å². The Morgan fingerprint density at radius 1 is 1.40 bits per heavy atom. The molecule has 112 valence electrons. The van der Waals surface area contributed by atoms with E-state index in [-0.39, 0.29) is 17.9 Å². The van der Waals surface area contributed by atoms with E-state index in [1.807, 2.05) is 0 Å². The maximum atomic E-state index is 12.6. The number of hydrogen-bond acceptors (Lipinski definition) is 4. The zero-order chi connectivity index (χ0) is 15.6. The van der Waals surface area contributed by atoms with Gasteiger partial charge in [0.25, 0.3) is 0 Å². The fourth-order valence-corrected chi connectivity index (χ4v) is 1.33. The third-order valence-electron chi connectivity index (χ3n) is 2.13. The zero-order valence-corrected chi connectivity index (χ0v) is 11.3. The number of ether oxygens (including phenoxy) is 1. The largest absolute Gasteiger partial charge is 0.444 e. The SMILES string of the molecule is CC(C)(C)OC(=O)Nc1cc(C(F)(F)F)cnc1CN. The molecule has 0 aliphatic carbocycles. The first kappa shape index (κ1) is 16.2. The van der Waals surface area contributed by atoms with Crippen LogP contribution >= 0.6 is 0 Å². The molecule has 0 radical (unpaired) electrons. The number of carbonyl (C=O) groups is 1. The first-order valence-corrected chi connectivity index (χ1v) is 5.79. The number of carbonyl (C=O) groups excluding carboxylic acids is 1. The molecule has 5 nitrogen and oxygen atoms in total. The Kier molecular flexibility index (Phi) is 4.59. The van der Waals surface area contributed by atoms with E-state index in [9.17, 15) is 18.0 Å². The van der Waals surface area contributed by atoms with Gasteiger partial charge in [-0.2, -0.15) is 13.2 Å². The standard InChI is InChI=1S/C12H16F3N3O2/c1-11(2,3)20-10(19)18-8-4-7(12(13,14)15)6-17-9(8)5-16/h4,6H,5,16H2,1-3H3,(H,18,19). The normalized spacial score (nSPS) is 12.2. The van der Waals surface area contributed by atoms with E-state index < -0.39 is 23.4 Å². The number of aromatic nitrogens is 1. The van der Waals surface area contributed by atoms with Crippen LogP contribution in [0.2, 0.25) is 0 Å². The van der Waals surface area contributed by atoms with E-state index in [0.29, 0.717) is 6.20 Å². The highest BCUT2D eigenvalue weighted by Gasteiger charge is 2.32. The average molecular weight is 291 g/mol. The first-order valence-electron chi connectivity index (χ1n) is 5.79. The third kappa shape index (κ3) is 4.69. The van der Waals surface area contributed by atoms with Crippen molar-refractivity contribution in [2.45, 2.75) is 39.1 Å². The summed E-state index contributed by atoms with van der Waals surface area (Å²) >= 11 is 0. The molecule has 0 unspecified atom stereocenters. The molecule has 1 aromatic heterocycles. The van der Waals surface area contributed by atoms with E-state index in [0.717, 1.165) is 6.07 Å². The molecule has 1 amide bonds. The van der Waals surface area contributed by atoms with Crippen molar-refractivity contribution < 1.29 is 22.7 Å². The zero-order valence-electron chi connectivity index (χ0n) is 11.3. The van der Waals surface area contributed by atoms with Crippen molar-refractivity contribution in [3.8, 4) is 0 Å². The van der Waals surface area contributed by atoms with Gasteiger partial charge in [0.15, 0.2) is 0 Å². The number of anilines is 1. The summed E-state index contributed by atoms with van der Waals surface area (Å²) in [6, 6.07) is 0.777. The molecule has 0 bridgehead atoms. The molecule has 0 aliphatic rings. The number of alkyl halides is 3. The molecule has 1 rings (SSSR count). The molecular weight excluding hydrogens is 275 g/mol. The van der Waals surface area contributed by atoms with Crippen LogP contribution in [0.5, 0.6) is 0 Å². The minimum absolute atomic E-state index is 0.108. The summed E-state index contributed by atoms with van der Waals surface area (Å²) in [6.07, 6.45) is -4.75. The van der Waals surface area contributed by atoms with E-state index in [2.05, 4.69) is 10.3 Å². The van der Waals surface area contributed by atoms with Crippen molar-refractivity contribution in [2.75, 3.05) is 5.32 Å². The summed E-state index contributed by atoms with van der Waals surface area (Å²) in [6.45, 7) is 4.81. The highest BCUT2D eigenvalue weighted by molar-refractivity contribution is 5.85. The molecule has 0 atom stereocenters. The lowest BCUT2D eigenvalue weighted by Gasteiger charge is -2.20. The molecule has 20 heavy (non-hydrogen) atoms. The van der Waals surface area contributed by atoms with Crippen LogP contribution < -0.4 is 11.1 Å². The van der Waals surface area contributed by atoms with Crippen molar-refractivity contribution >= 4 is 11.8 Å². The molecule has 1 aromatic rings. The predicted molar refractivity (Wildman–Crippen MR) is 67.0 cm³/mol. The first-order chi connectivity index (χ1) is 9.03. The van der Waals surface area contributed by atoms with Crippen LogP contribution in [0.1, 0.15) is 32.0 Å². The lowest BCUT2D eigenvalue weighted by molar-refractivity contribution is -0.137. The summed E-state index contributed by atoms with van der Waals surface area (Å²) < 4.78 is 42.8. The van der Waals surface area contributed by atoms with Crippen LogP contribution in [0.25, 0.3) is 0 Å². The summed E-state index contributed by atoms with van der Waals surface area (Å²) in [5.74, 6) is 0. The monoisotopic (exact) mass is 291 g/mol. The number of pyridine rings is 1. The van der Waals surface area contributed by atoms with Gasteiger partial charge in [-0.15, -0.1) is 0 Å². The highest BCUT2D eigenvalue weighted by atomic mass is 19.4. The van der Waals surface area contributed by atoms with Crippen LogP contribution in [0.15, 0.2) is 12.3 Å². The lowest BCUT2D eigenvalue weighted by atomic mass is 10.2. The van der Waals surface area contributed by atoms with Gasteiger partial charge >= 0.3 is 12.3 Å². The highest BCUT2D eigenvalue weighted by Crippen LogP contribution is 2.31. The second-order valence-electron chi connectivity index (χ2n) is 5.05. The maximum Gasteiger partial charge on any atom is 0.417 e. The minimum Gasteiger partial charge on any atom is -0.444 e. The van der Waals surface area contributed by atoms with Gasteiger partial charge in [0.1, 0.15) is 5.60 Å². The van der Waals surface area contributed by atoms with Crippen molar-refractivity contribution in [3.05, 3.63) is 23.5 Å². The summed E-state index contributed by atoms with van der Waals surface area (Å²) in [4.78, 5) is 15.2. The Balaban J connectivity index is 3.00. The molecule has 0 spiro atoms. The fraction of sp³-hybridized carbons (Fsp3) is 0.500. The van der Waals surface area contributed by atoms with Crippen molar-refractivity contribution in [2.24, 2.45) is 5.73 Å². The van der Waals surface area contributed by atoms with Gasteiger partial charge in [0.2, 0.25) is 0 Å². The number of amides is 1. The van der Waals surface area contributed by atoms with Crippen molar-refractivity contribution in [3.63, 3.8) is 0 Å². The lowest BCUT2D eigenvalue weighted by Crippen LogP contribution is -2.28. The quantitative estimate of drug-likeness (QED) is 0.878.